The smallest absolute Gasteiger partial charge is 0.212 e. The molecule has 0 spiro atoms. The van der Waals surface area contributed by atoms with Crippen LogP contribution in [0, 0.1) is 0 Å². The van der Waals surface area contributed by atoms with Gasteiger partial charge in [-0.25, -0.2) is 9.50 Å². The Hall–Kier alpha value is -0.360. The van der Waals surface area contributed by atoms with Gasteiger partial charge in [0.2, 0.25) is 4.96 Å². The van der Waals surface area contributed by atoms with E-state index in [1.54, 1.807) is 17.7 Å². The van der Waals surface area contributed by atoms with E-state index < -0.39 is 0 Å². The molecule has 4 nitrogen and oxygen atoms in total. The van der Waals surface area contributed by atoms with Crippen LogP contribution in [-0.4, -0.2) is 21.1 Å². The van der Waals surface area contributed by atoms with Gasteiger partial charge >= 0.3 is 0 Å². The topological polar surface area (TPSA) is 56.2 Å². The first-order chi connectivity index (χ1) is 5.42. The Morgan fingerprint density at radius 1 is 1.46 bits per heavy atom. The van der Waals surface area contributed by atoms with Crippen molar-refractivity contribution in [1.29, 1.82) is 0 Å². The molecule has 0 saturated carbocycles. The first-order valence-electron chi connectivity index (χ1n) is 3.38. The number of aromatic nitrogens is 3. The predicted octanol–water partition coefficient (Wildman–Crippen LogP) is 1.14. The minimum Gasteiger partial charge on any atom is -0.330 e. The zero-order valence-corrected chi connectivity index (χ0v) is 9.16. The molecular weight excluding hydrogens is 231 g/mol. The number of halogens is 2. The molecule has 74 valence electrons. The number of nitrogens with two attached hydrogens (primary N) is 1. The number of nitrogens with zero attached hydrogens (tertiary/aromatic N) is 3. The Balaban J connectivity index is 0.000000720. The van der Waals surface area contributed by atoms with Gasteiger partial charge in [-0.3, -0.25) is 0 Å². The van der Waals surface area contributed by atoms with Crippen molar-refractivity contribution in [2.75, 3.05) is 6.54 Å². The molecule has 2 heterocycles. The van der Waals surface area contributed by atoms with E-state index >= 15 is 0 Å². The highest BCUT2D eigenvalue weighted by atomic mass is 35.5. The zero-order chi connectivity index (χ0) is 7.68. The van der Waals surface area contributed by atoms with Gasteiger partial charge in [-0.1, -0.05) is 0 Å². The standard InChI is InChI=1S/C6H8N4S.2ClH/c7-2-1-5-3-11-6-8-4-9-10(5)6;;/h3-4H,1-2,7H2;2*1H. The third-order valence-corrected chi connectivity index (χ3v) is 2.37. The molecule has 0 atom stereocenters. The fourth-order valence-corrected chi connectivity index (χ4v) is 1.82. The third kappa shape index (κ3) is 2.31. The molecule has 0 fully saturated rings. The van der Waals surface area contributed by atoms with Crippen LogP contribution in [0.25, 0.3) is 4.96 Å². The third-order valence-electron chi connectivity index (χ3n) is 1.49. The molecule has 0 aromatic carbocycles. The largest absolute Gasteiger partial charge is 0.330 e. The van der Waals surface area contributed by atoms with Gasteiger partial charge in [0.25, 0.3) is 0 Å². The SMILES string of the molecule is Cl.Cl.NCCc1csc2ncnn12. The van der Waals surface area contributed by atoms with Crippen molar-refractivity contribution < 1.29 is 0 Å². The van der Waals surface area contributed by atoms with Gasteiger partial charge in [0.15, 0.2) is 0 Å². The van der Waals surface area contributed by atoms with Crippen molar-refractivity contribution in [3.63, 3.8) is 0 Å². The summed E-state index contributed by atoms with van der Waals surface area (Å²) in [4.78, 5) is 4.99. The van der Waals surface area contributed by atoms with Crippen LogP contribution < -0.4 is 5.73 Å². The lowest BCUT2D eigenvalue weighted by molar-refractivity contribution is 0.841. The lowest BCUT2D eigenvalue weighted by Crippen LogP contribution is -2.05. The average molecular weight is 241 g/mol. The van der Waals surface area contributed by atoms with E-state index in [2.05, 4.69) is 10.1 Å². The van der Waals surface area contributed by atoms with Crippen molar-refractivity contribution >= 4 is 41.1 Å². The quantitative estimate of drug-likeness (QED) is 0.857. The number of hydrogen-bond donors (Lipinski definition) is 1. The minimum absolute atomic E-state index is 0. The Kier molecular flexibility index (Phi) is 5.24. The van der Waals surface area contributed by atoms with E-state index in [0.29, 0.717) is 6.54 Å². The summed E-state index contributed by atoms with van der Waals surface area (Å²) >= 11 is 1.59. The maximum Gasteiger partial charge on any atom is 0.212 e. The second-order valence-electron chi connectivity index (χ2n) is 2.22. The summed E-state index contributed by atoms with van der Waals surface area (Å²) in [5, 5.41) is 6.10. The van der Waals surface area contributed by atoms with E-state index in [4.69, 9.17) is 5.73 Å². The Morgan fingerprint density at radius 3 is 2.92 bits per heavy atom. The molecule has 0 aliphatic carbocycles. The summed E-state index contributed by atoms with van der Waals surface area (Å²) in [5.74, 6) is 0. The predicted molar refractivity (Wildman–Crippen MR) is 58.1 cm³/mol. The van der Waals surface area contributed by atoms with Crippen LogP contribution in [0.3, 0.4) is 0 Å². The van der Waals surface area contributed by atoms with Crippen LogP contribution in [0.1, 0.15) is 5.69 Å². The Labute approximate surface area is 92.0 Å². The van der Waals surface area contributed by atoms with Gasteiger partial charge < -0.3 is 5.73 Å². The molecule has 0 saturated heterocycles. The Bertz CT molecular complexity index is 358. The van der Waals surface area contributed by atoms with Crippen molar-refractivity contribution in [3.8, 4) is 0 Å². The van der Waals surface area contributed by atoms with E-state index in [-0.39, 0.29) is 24.8 Å². The molecule has 7 heteroatoms. The highest BCUT2D eigenvalue weighted by Gasteiger charge is 2.02. The number of thiazole rings is 1. The van der Waals surface area contributed by atoms with Gasteiger partial charge in [0, 0.05) is 11.8 Å². The van der Waals surface area contributed by atoms with Gasteiger partial charge in [-0.15, -0.1) is 36.2 Å². The molecule has 0 radical (unpaired) electrons. The summed E-state index contributed by atoms with van der Waals surface area (Å²) in [6, 6.07) is 0. The molecule has 2 rings (SSSR count). The molecule has 0 bridgehead atoms. The van der Waals surface area contributed by atoms with E-state index in [1.807, 2.05) is 9.90 Å². The summed E-state index contributed by atoms with van der Waals surface area (Å²) in [6.45, 7) is 0.658. The van der Waals surface area contributed by atoms with E-state index in [1.165, 1.54) is 0 Å². The first-order valence-corrected chi connectivity index (χ1v) is 4.26. The summed E-state index contributed by atoms with van der Waals surface area (Å²) < 4.78 is 1.83. The van der Waals surface area contributed by atoms with E-state index in [0.717, 1.165) is 17.1 Å². The summed E-state index contributed by atoms with van der Waals surface area (Å²) in [6.07, 6.45) is 2.43. The minimum atomic E-state index is 0. The number of rotatable bonds is 2. The number of hydrogen-bond acceptors (Lipinski definition) is 4. The van der Waals surface area contributed by atoms with Gasteiger partial charge in [-0.05, 0) is 6.54 Å². The molecule has 13 heavy (non-hydrogen) atoms. The molecule has 0 aliphatic heterocycles. The molecule has 2 N–H and O–H groups in total. The molecular formula is C6H10Cl2N4S. The van der Waals surface area contributed by atoms with Gasteiger partial charge in [0.05, 0.1) is 5.69 Å². The fourth-order valence-electron chi connectivity index (χ4n) is 0.992. The second-order valence-corrected chi connectivity index (χ2v) is 3.06. The lowest BCUT2D eigenvalue weighted by atomic mass is 10.3. The van der Waals surface area contributed by atoms with Crippen molar-refractivity contribution in [3.05, 3.63) is 17.4 Å². The van der Waals surface area contributed by atoms with Crippen molar-refractivity contribution in [1.82, 2.24) is 14.6 Å². The van der Waals surface area contributed by atoms with E-state index in [9.17, 15) is 0 Å². The maximum absolute atomic E-state index is 5.42. The van der Waals surface area contributed by atoms with Crippen LogP contribution in [0.5, 0.6) is 0 Å². The number of fused-ring (bicyclic) bond motifs is 1. The first kappa shape index (κ1) is 12.6. The summed E-state index contributed by atoms with van der Waals surface area (Å²) in [7, 11) is 0. The normalized spacial score (nSPS) is 9.31. The van der Waals surface area contributed by atoms with Gasteiger partial charge in [0.1, 0.15) is 6.33 Å². The van der Waals surface area contributed by atoms with Crippen LogP contribution in [0.15, 0.2) is 11.7 Å². The highest BCUT2D eigenvalue weighted by molar-refractivity contribution is 7.15. The molecule has 0 aliphatic rings. The van der Waals surface area contributed by atoms with Crippen LogP contribution in [0.2, 0.25) is 0 Å². The molecule has 0 unspecified atom stereocenters. The molecule has 2 aromatic heterocycles. The molecule has 0 amide bonds. The summed E-state index contributed by atoms with van der Waals surface area (Å²) in [5.41, 5.74) is 6.57. The maximum atomic E-state index is 5.42. The van der Waals surface area contributed by atoms with Crippen LogP contribution in [0.4, 0.5) is 0 Å². The Morgan fingerprint density at radius 2 is 2.23 bits per heavy atom. The lowest BCUT2D eigenvalue weighted by Gasteiger charge is -1.91. The van der Waals surface area contributed by atoms with Crippen molar-refractivity contribution in [2.45, 2.75) is 6.42 Å². The second kappa shape index (κ2) is 5.39. The highest BCUT2D eigenvalue weighted by Crippen LogP contribution is 2.12. The monoisotopic (exact) mass is 240 g/mol. The van der Waals surface area contributed by atoms with Crippen LogP contribution in [-0.2, 0) is 6.42 Å². The molecule has 2 aromatic rings. The fraction of sp³-hybridized carbons (Fsp3) is 0.333. The van der Waals surface area contributed by atoms with Crippen LogP contribution >= 0.6 is 36.2 Å². The van der Waals surface area contributed by atoms with Gasteiger partial charge in [-0.2, -0.15) is 5.10 Å². The average Bonchev–Trinajstić information content (AvgIpc) is 2.53. The zero-order valence-electron chi connectivity index (χ0n) is 6.71. The van der Waals surface area contributed by atoms with Crippen molar-refractivity contribution in [2.24, 2.45) is 5.73 Å².